The number of methoxy groups -OCH3 is 1. The average Bonchev–Trinajstić information content (AvgIpc) is 2.91. The van der Waals surface area contributed by atoms with Gasteiger partial charge >= 0.3 is 0 Å². The summed E-state index contributed by atoms with van der Waals surface area (Å²) in [5.41, 5.74) is 1.73. The molecular weight excluding hydrogens is 612 g/mol. The molecule has 232 valence electrons. The zero-order valence-corrected chi connectivity index (χ0v) is 28.2. The number of fused-ring (bicyclic) bond motifs is 1. The molecule has 11 heteroatoms. The molecule has 1 aliphatic heterocycles. The number of rotatable bonds is 8. The van der Waals surface area contributed by atoms with Crippen molar-refractivity contribution >= 4 is 47.3 Å². The molecule has 0 spiro atoms. The highest BCUT2D eigenvalue weighted by Crippen LogP contribution is 2.43. The average molecular weight is 650 g/mol. The Hall–Kier alpha value is -2.92. The Balaban J connectivity index is 1.82. The third-order valence-corrected chi connectivity index (χ3v) is 15.0. The number of hydrogen-bond donors (Lipinski definition) is 0. The summed E-state index contributed by atoms with van der Waals surface area (Å²) in [6.07, 6.45) is 1.10. The van der Waals surface area contributed by atoms with Gasteiger partial charge in [-0.1, -0.05) is 50.6 Å². The van der Waals surface area contributed by atoms with Crippen molar-refractivity contribution in [2.75, 3.05) is 18.0 Å². The molecule has 6 nitrogen and oxygen atoms in total. The first-order valence-corrected chi connectivity index (χ1v) is 18.7. The highest BCUT2D eigenvalue weighted by atomic mass is 35.5. The molecule has 1 heterocycles. The fourth-order valence-electron chi connectivity index (χ4n) is 4.67. The third-order valence-electron chi connectivity index (χ3n) is 8.24. The van der Waals surface area contributed by atoms with E-state index in [0.717, 1.165) is 6.07 Å². The van der Waals surface area contributed by atoms with Gasteiger partial charge in [-0.05, 0) is 79.5 Å². The molecule has 0 bridgehead atoms. The predicted octanol–water partition coefficient (Wildman–Crippen LogP) is 8.55. The molecule has 0 aliphatic carbocycles. The third kappa shape index (κ3) is 6.62. The molecule has 3 aromatic carbocycles. The van der Waals surface area contributed by atoms with Gasteiger partial charge in [0.15, 0.2) is 19.9 Å². The number of ether oxygens (including phenoxy) is 2. The van der Waals surface area contributed by atoms with Crippen LogP contribution in [0.15, 0.2) is 59.5 Å². The van der Waals surface area contributed by atoms with E-state index in [2.05, 4.69) is 33.9 Å². The lowest BCUT2D eigenvalue weighted by Crippen LogP contribution is -2.54. The fourth-order valence-corrected chi connectivity index (χ4v) is 7.69. The molecule has 43 heavy (non-hydrogen) atoms. The van der Waals surface area contributed by atoms with Crippen LogP contribution in [0.2, 0.25) is 23.2 Å². The minimum absolute atomic E-state index is 0.0561. The largest absolute Gasteiger partial charge is 0.494 e. The smallest absolute Gasteiger partial charge is 0.264 e. The zero-order chi connectivity index (χ0) is 31.9. The number of halogens is 3. The van der Waals surface area contributed by atoms with Crippen LogP contribution in [-0.2, 0) is 14.4 Å². The zero-order valence-electron chi connectivity index (χ0n) is 25.7. The molecule has 2 atom stereocenters. The van der Waals surface area contributed by atoms with Gasteiger partial charge in [0.2, 0.25) is 0 Å². The Morgan fingerprint density at radius 1 is 1.09 bits per heavy atom. The molecule has 0 amide bonds. The molecule has 0 N–H and O–H groups in total. The van der Waals surface area contributed by atoms with E-state index in [9.17, 15) is 17.2 Å². The van der Waals surface area contributed by atoms with Crippen molar-refractivity contribution in [1.82, 2.24) is 0 Å². The van der Waals surface area contributed by atoms with Crippen LogP contribution in [-0.4, -0.2) is 42.6 Å². The summed E-state index contributed by atoms with van der Waals surface area (Å²) in [6, 6.07) is 12.4. The summed E-state index contributed by atoms with van der Waals surface area (Å²) in [7, 11) is -5.15. The first-order valence-electron chi connectivity index (χ1n) is 13.9. The summed E-state index contributed by atoms with van der Waals surface area (Å²) in [5, 5.41) is 0.210. The van der Waals surface area contributed by atoms with Gasteiger partial charge in [-0.25, -0.2) is 17.2 Å². The van der Waals surface area contributed by atoms with Gasteiger partial charge in [0, 0.05) is 11.6 Å². The molecule has 0 radical (unpaired) electrons. The van der Waals surface area contributed by atoms with Crippen molar-refractivity contribution < 1.29 is 31.1 Å². The van der Waals surface area contributed by atoms with Crippen LogP contribution in [0, 0.1) is 11.6 Å². The minimum Gasteiger partial charge on any atom is -0.494 e. The normalized spacial score (nSPS) is 17.8. The highest BCUT2D eigenvalue weighted by Gasteiger charge is 2.43. The van der Waals surface area contributed by atoms with E-state index in [1.807, 2.05) is 0 Å². The van der Waals surface area contributed by atoms with Crippen LogP contribution in [0.1, 0.15) is 45.7 Å². The van der Waals surface area contributed by atoms with Crippen LogP contribution in [0.25, 0.3) is 11.6 Å². The van der Waals surface area contributed by atoms with E-state index in [4.69, 9.17) is 25.5 Å². The van der Waals surface area contributed by atoms with Crippen LogP contribution in [0.4, 0.5) is 14.5 Å². The van der Waals surface area contributed by atoms with Gasteiger partial charge in [0.25, 0.3) is 10.0 Å². The maximum absolute atomic E-state index is 14.6. The van der Waals surface area contributed by atoms with E-state index in [-0.39, 0.29) is 32.9 Å². The summed E-state index contributed by atoms with van der Waals surface area (Å²) in [5.74, 6) is -0.977. The molecule has 1 aliphatic rings. The van der Waals surface area contributed by atoms with Crippen molar-refractivity contribution in [3.63, 3.8) is 0 Å². The fraction of sp³-hybridized carbons (Fsp3) is 0.375. The van der Waals surface area contributed by atoms with Crippen molar-refractivity contribution in [3.05, 3.63) is 82.4 Å². The van der Waals surface area contributed by atoms with Crippen molar-refractivity contribution in [3.8, 4) is 11.5 Å². The van der Waals surface area contributed by atoms with Crippen LogP contribution >= 0.6 is 11.6 Å². The second-order valence-electron chi connectivity index (χ2n) is 12.2. The van der Waals surface area contributed by atoms with Gasteiger partial charge in [-0.15, -0.1) is 0 Å². The van der Waals surface area contributed by atoms with Crippen molar-refractivity contribution in [2.45, 2.75) is 69.8 Å². The second-order valence-corrected chi connectivity index (χ2v) is 19.2. The predicted molar refractivity (Wildman–Crippen MR) is 171 cm³/mol. The maximum Gasteiger partial charge on any atom is 0.264 e. The Labute approximate surface area is 259 Å². The molecule has 3 aromatic rings. The summed E-state index contributed by atoms with van der Waals surface area (Å²) in [6.45, 7) is 14.3. The monoisotopic (exact) mass is 649 g/mol. The van der Waals surface area contributed by atoms with Gasteiger partial charge in [0.1, 0.15) is 17.7 Å². The molecule has 0 saturated heterocycles. The maximum atomic E-state index is 14.6. The first-order chi connectivity index (χ1) is 20.0. The van der Waals surface area contributed by atoms with Gasteiger partial charge in [-0.2, -0.15) is 0 Å². The van der Waals surface area contributed by atoms with E-state index >= 15 is 0 Å². The second kappa shape index (κ2) is 12.2. The Morgan fingerprint density at radius 3 is 2.42 bits per heavy atom. The topological polar surface area (TPSA) is 65.1 Å². The van der Waals surface area contributed by atoms with Crippen LogP contribution in [0.5, 0.6) is 11.5 Å². The van der Waals surface area contributed by atoms with Gasteiger partial charge in [0.05, 0.1) is 35.4 Å². The van der Waals surface area contributed by atoms with Crippen molar-refractivity contribution in [2.24, 2.45) is 0 Å². The summed E-state index contributed by atoms with van der Waals surface area (Å²) < 4.78 is 76.6. The Morgan fingerprint density at radius 2 is 1.79 bits per heavy atom. The Bertz CT molecular complexity index is 1640. The molecule has 0 saturated carbocycles. The standard InChI is InChI=1S/C32H38ClF2NO5SSi/c1-20(31-24(33)10-9-11-26(31)35)16-22-12-15-28-27(17-22)36(42(37,38)23-13-14-25(34)29(18-23)39-6)21(2)30(41-28)19-40-43(7,8)32(3,4)5/h9-18,21,30H,19H2,1-8H3/t21-,30+/m1/s1. The molecule has 0 fully saturated rings. The van der Waals surface area contributed by atoms with E-state index < -0.39 is 42.1 Å². The quantitative estimate of drug-likeness (QED) is 0.181. The number of sulfonamides is 1. The molecule has 0 aromatic heterocycles. The summed E-state index contributed by atoms with van der Waals surface area (Å²) in [4.78, 5) is -0.134. The van der Waals surface area contributed by atoms with Gasteiger partial charge < -0.3 is 13.9 Å². The van der Waals surface area contributed by atoms with Crippen molar-refractivity contribution in [1.29, 1.82) is 0 Å². The SMILES string of the molecule is COc1cc(S(=O)(=O)N2c3cc(C=C(C)c4c(F)cccc4Cl)ccc3O[C@@H](CO[Si](C)(C)C(C)(C)C)[C@H]2C)ccc1F. The van der Waals surface area contributed by atoms with E-state index in [1.54, 1.807) is 44.2 Å². The number of nitrogens with zero attached hydrogens (tertiary/aromatic N) is 1. The number of allylic oxidation sites excluding steroid dienone is 1. The lowest BCUT2D eigenvalue weighted by molar-refractivity contribution is 0.0969. The van der Waals surface area contributed by atoms with E-state index in [0.29, 0.717) is 22.6 Å². The lowest BCUT2D eigenvalue weighted by atomic mass is 10.0. The molecule has 4 rings (SSSR count). The Kier molecular flexibility index (Phi) is 9.38. The lowest BCUT2D eigenvalue weighted by Gasteiger charge is -2.43. The first kappa shape index (κ1) is 33.0. The summed E-state index contributed by atoms with van der Waals surface area (Å²) >= 11 is 6.28. The van der Waals surface area contributed by atoms with E-state index in [1.165, 1.54) is 35.7 Å². The van der Waals surface area contributed by atoms with Gasteiger partial charge in [-0.3, -0.25) is 4.31 Å². The molecule has 0 unspecified atom stereocenters. The number of hydrogen-bond acceptors (Lipinski definition) is 5. The number of anilines is 1. The number of benzene rings is 3. The van der Waals surface area contributed by atoms with Crippen LogP contribution in [0.3, 0.4) is 0 Å². The van der Waals surface area contributed by atoms with Crippen LogP contribution < -0.4 is 13.8 Å². The highest BCUT2D eigenvalue weighted by molar-refractivity contribution is 7.92. The minimum atomic E-state index is -4.24. The molecular formula is C32H38ClF2NO5SSi.